The number of ether oxygens (including phenoxy) is 1. The van der Waals surface area contributed by atoms with E-state index in [0.29, 0.717) is 0 Å². The molecule has 0 aromatic carbocycles. The van der Waals surface area contributed by atoms with Gasteiger partial charge in [0, 0.05) is 19.8 Å². The Morgan fingerprint density at radius 3 is 2.69 bits per heavy atom. The maximum absolute atomic E-state index is 5.38. The SMILES string of the molecule is CCCNCCCN(C)CC1CCOCC1. The second-order valence-electron chi connectivity index (χ2n) is 4.92. The van der Waals surface area contributed by atoms with Crippen molar-refractivity contribution in [1.29, 1.82) is 0 Å². The minimum Gasteiger partial charge on any atom is -0.381 e. The van der Waals surface area contributed by atoms with Gasteiger partial charge in [-0.25, -0.2) is 0 Å². The Hall–Kier alpha value is -0.120. The molecule has 1 saturated heterocycles. The van der Waals surface area contributed by atoms with Crippen molar-refractivity contribution in [2.45, 2.75) is 32.6 Å². The largest absolute Gasteiger partial charge is 0.381 e. The molecule has 1 rings (SSSR count). The molecule has 0 saturated carbocycles. The first-order valence-corrected chi connectivity index (χ1v) is 6.80. The van der Waals surface area contributed by atoms with Crippen LogP contribution < -0.4 is 5.32 Å². The lowest BCUT2D eigenvalue weighted by molar-refractivity contribution is 0.0556. The molecule has 1 aliphatic heterocycles. The summed E-state index contributed by atoms with van der Waals surface area (Å²) in [4.78, 5) is 2.48. The van der Waals surface area contributed by atoms with Crippen LogP contribution in [0.15, 0.2) is 0 Å². The molecule has 1 heterocycles. The Morgan fingerprint density at radius 1 is 1.25 bits per heavy atom. The molecule has 0 spiro atoms. The van der Waals surface area contributed by atoms with Crippen LogP contribution in [0, 0.1) is 5.92 Å². The van der Waals surface area contributed by atoms with Gasteiger partial charge in [0.15, 0.2) is 0 Å². The van der Waals surface area contributed by atoms with E-state index in [1.165, 1.54) is 38.8 Å². The number of nitrogens with zero attached hydrogens (tertiary/aromatic N) is 1. The van der Waals surface area contributed by atoms with Gasteiger partial charge in [-0.1, -0.05) is 6.92 Å². The number of hydrogen-bond acceptors (Lipinski definition) is 3. The Labute approximate surface area is 101 Å². The lowest BCUT2D eigenvalue weighted by Crippen LogP contribution is -2.31. The van der Waals surface area contributed by atoms with E-state index in [9.17, 15) is 0 Å². The lowest BCUT2D eigenvalue weighted by Gasteiger charge is -2.27. The van der Waals surface area contributed by atoms with Crippen molar-refractivity contribution in [3.8, 4) is 0 Å². The van der Waals surface area contributed by atoms with Crippen molar-refractivity contribution in [3.63, 3.8) is 0 Å². The highest BCUT2D eigenvalue weighted by Gasteiger charge is 2.15. The molecule has 1 aliphatic rings. The van der Waals surface area contributed by atoms with Crippen LogP contribution >= 0.6 is 0 Å². The van der Waals surface area contributed by atoms with E-state index in [1.54, 1.807) is 0 Å². The summed E-state index contributed by atoms with van der Waals surface area (Å²) in [6.45, 7) is 8.93. The summed E-state index contributed by atoms with van der Waals surface area (Å²) >= 11 is 0. The fourth-order valence-corrected chi connectivity index (χ4v) is 2.24. The topological polar surface area (TPSA) is 24.5 Å². The third kappa shape index (κ3) is 6.46. The predicted molar refractivity (Wildman–Crippen MR) is 68.8 cm³/mol. The first-order chi connectivity index (χ1) is 7.83. The summed E-state index contributed by atoms with van der Waals surface area (Å²) < 4.78 is 5.38. The molecule has 0 aliphatic carbocycles. The van der Waals surface area contributed by atoms with Crippen LogP contribution in [-0.2, 0) is 4.74 Å². The maximum atomic E-state index is 5.38. The highest BCUT2D eigenvalue weighted by molar-refractivity contribution is 4.67. The first kappa shape index (κ1) is 13.9. The Bertz CT molecular complexity index is 158. The first-order valence-electron chi connectivity index (χ1n) is 6.80. The highest BCUT2D eigenvalue weighted by atomic mass is 16.5. The van der Waals surface area contributed by atoms with Crippen molar-refractivity contribution >= 4 is 0 Å². The monoisotopic (exact) mass is 228 g/mol. The van der Waals surface area contributed by atoms with Gasteiger partial charge in [-0.3, -0.25) is 0 Å². The summed E-state index contributed by atoms with van der Waals surface area (Å²) in [7, 11) is 2.25. The molecule has 1 N–H and O–H groups in total. The number of nitrogens with one attached hydrogen (secondary N) is 1. The van der Waals surface area contributed by atoms with Crippen LogP contribution in [0.1, 0.15) is 32.6 Å². The molecule has 0 aromatic rings. The van der Waals surface area contributed by atoms with E-state index in [2.05, 4.69) is 24.2 Å². The van der Waals surface area contributed by atoms with Crippen LogP contribution in [0.3, 0.4) is 0 Å². The number of rotatable bonds is 8. The average Bonchev–Trinajstić information content (AvgIpc) is 2.30. The van der Waals surface area contributed by atoms with Gasteiger partial charge in [0.25, 0.3) is 0 Å². The molecular formula is C13H28N2O. The smallest absolute Gasteiger partial charge is 0.0469 e. The van der Waals surface area contributed by atoms with E-state index in [-0.39, 0.29) is 0 Å². The van der Waals surface area contributed by atoms with Crippen LogP contribution in [-0.4, -0.2) is 51.3 Å². The Balaban J connectivity index is 1.95. The molecule has 0 radical (unpaired) electrons. The van der Waals surface area contributed by atoms with Gasteiger partial charge in [-0.2, -0.15) is 0 Å². The zero-order valence-corrected chi connectivity index (χ0v) is 11.0. The molecule has 0 atom stereocenters. The van der Waals surface area contributed by atoms with Crippen molar-refractivity contribution in [1.82, 2.24) is 10.2 Å². The van der Waals surface area contributed by atoms with Gasteiger partial charge in [-0.05, 0) is 58.3 Å². The second-order valence-corrected chi connectivity index (χ2v) is 4.92. The Morgan fingerprint density at radius 2 is 2.00 bits per heavy atom. The van der Waals surface area contributed by atoms with Crippen LogP contribution in [0.4, 0.5) is 0 Å². The summed E-state index contributed by atoms with van der Waals surface area (Å²) in [5, 5.41) is 3.45. The zero-order chi connectivity index (χ0) is 11.6. The van der Waals surface area contributed by atoms with Crippen molar-refractivity contribution in [2.75, 3.05) is 46.4 Å². The summed E-state index contributed by atoms with van der Waals surface area (Å²) in [6, 6.07) is 0. The summed E-state index contributed by atoms with van der Waals surface area (Å²) in [6.07, 6.45) is 4.99. The van der Waals surface area contributed by atoms with E-state index < -0.39 is 0 Å². The molecule has 0 bridgehead atoms. The molecule has 0 aromatic heterocycles. The molecule has 0 unspecified atom stereocenters. The summed E-state index contributed by atoms with van der Waals surface area (Å²) in [5.41, 5.74) is 0. The fourth-order valence-electron chi connectivity index (χ4n) is 2.24. The molecule has 3 heteroatoms. The van der Waals surface area contributed by atoms with Crippen molar-refractivity contribution in [2.24, 2.45) is 5.92 Å². The molecule has 96 valence electrons. The quantitative estimate of drug-likeness (QED) is 0.640. The van der Waals surface area contributed by atoms with E-state index in [4.69, 9.17) is 4.74 Å². The van der Waals surface area contributed by atoms with E-state index in [0.717, 1.165) is 32.2 Å². The standard InChI is InChI=1S/C13H28N2O/c1-3-7-14-8-4-9-15(2)12-13-5-10-16-11-6-13/h13-14H,3-12H2,1-2H3. The lowest BCUT2D eigenvalue weighted by atomic mass is 10.00. The minimum absolute atomic E-state index is 0.863. The average molecular weight is 228 g/mol. The number of hydrogen-bond donors (Lipinski definition) is 1. The molecular weight excluding hydrogens is 200 g/mol. The second kappa shape index (κ2) is 8.97. The maximum Gasteiger partial charge on any atom is 0.0469 e. The third-order valence-corrected chi connectivity index (χ3v) is 3.23. The van der Waals surface area contributed by atoms with Gasteiger partial charge in [-0.15, -0.1) is 0 Å². The fraction of sp³-hybridized carbons (Fsp3) is 1.00. The zero-order valence-electron chi connectivity index (χ0n) is 11.0. The van der Waals surface area contributed by atoms with Gasteiger partial charge < -0.3 is 15.0 Å². The van der Waals surface area contributed by atoms with Gasteiger partial charge in [0.1, 0.15) is 0 Å². The summed E-state index contributed by atoms with van der Waals surface area (Å²) in [5.74, 6) is 0.863. The van der Waals surface area contributed by atoms with E-state index >= 15 is 0 Å². The Kier molecular flexibility index (Phi) is 7.81. The van der Waals surface area contributed by atoms with Crippen molar-refractivity contribution < 1.29 is 4.74 Å². The van der Waals surface area contributed by atoms with Crippen molar-refractivity contribution in [3.05, 3.63) is 0 Å². The van der Waals surface area contributed by atoms with E-state index in [1.807, 2.05) is 0 Å². The van der Waals surface area contributed by atoms with Gasteiger partial charge in [0.2, 0.25) is 0 Å². The predicted octanol–water partition coefficient (Wildman–Crippen LogP) is 1.73. The molecule has 0 amide bonds. The molecule has 3 nitrogen and oxygen atoms in total. The van der Waals surface area contributed by atoms with Gasteiger partial charge >= 0.3 is 0 Å². The molecule has 1 fully saturated rings. The third-order valence-electron chi connectivity index (χ3n) is 3.23. The minimum atomic E-state index is 0.863. The van der Waals surface area contributed by atoms with Crippen LogP contribution in [0.2, 0.25) is 0 Å². The molecule has 16 heavy (non-hydrogen) atoms. The van der Waals surface area contributed by atoms with Gasteiger partial charge in [0.05, 0.1) is 0 Å². The normalized spacial score (nSPS) is 18.2. The van der Waals surface area contributed by atoms with Crippen LogP contribution in [0.25, 0.3) is 0 Å². The highest BCUT2D eigenvalue weighted by Crippen LogP contribution is 2.15. The van der Waals surface area contributed by atoms with Crippen LogP contribution in [0.5, 0.6) is 0 Å².